The minimum atomic E-state index is -0.557. The molecule has 0 bridgehead atoms. The first kappa shape index (κ1) is 18.4. The Morgan fingerprint density at radius 1 is 1.14 bits per heavy atom. The maximum atomic E-state index is 12.7. The van der Waals surface area contributed by atoms with Gasteiger partial charge in [0, 0.05) is 16.8 Å². The van der Waals surface area contributed by atoms with Gasteiger partial charge in [-0.25, -0.2) is 4.68 Å². The van der Waals surface area contributed by atoms with Gasteiger partial charge in [0.25, 0.3) is 17.4 Å². The highest BCUT2D eigenvalue weighted by atomic mass is 32.1. The van der Waals surface area contributed by atoms with Crippen LogP contribution in [0.1, 0.15) is 50.4 Å². The molecule has 2 amide bonds. The van der Waals surface area contributed by atoms with Crippen molar-refractivity contribution >= 4 is 33.9 Å². The van der Waals surface area contributed by atoms with Crippen LogP contribution in [0.3, 0.4) is 0 Å². The van der Waals surface area contributed by atoms with E-state index in [-0.39, 0.29) is 17.2 Å². The van der Waals surface area contributed by atoms with E-state index in [9.17, 15) is 14.4 Å². The van der Waals surface area contributed by atoms with Crippen molar-refractivity contribution in [3.8, 4) is 0 Å². The molecule has 0 unspecified atom stereocenters. The second-order valence-corrected chi connectivity index (χ2v) is 7.88. The van der Waals surface area contributed by atoms with Crippen molar-refractivity contribution in [2.75, 3.05) is 0 Å². The molecular formula is C20H20N4O3S. The van der Waals surface area contributed by atoms with Crippen LogP contribution in [0.4, 0.5) is 0 Å². The maximum Gasteiger partial charge on any atom is 0.290 e. The zero-order valence-corrected chi connectivity index (χ0v) is 16.3. The van der Waals surface area contributed by atoms with Crippen molar-refractivity contribution in [1.82, 2.24) is 20.6 Å². The van der Waals surface area contributed by atoms with Crippen molar-refractivity contribution in [1.29, 1.82) is 0 Å². The molecule has 1 aliphatic rings. The SMILES string of the molecule is CCCn1nc(C(=O)NNC(=O)c2cc3c(s2)CCC3)c2ccccc2c1=O. The molecule has 8 heteroatoms. The van der Waals surface area contributed by atoms with E-state index < -0.39 is 5.91 Å². The van der Waals surface area contributed by atoms with Crippen molar-refractivity contribution in [3.63, 3.8) is 0 Å². The molecule has 2 aromatic heterocycles. The Hall–Kier alpha value is -3.00. The van der Waals surface area contributed by atoms with Crippen LogP contribution in [-0.4, -0.2) is 21.6 Å². The van der Waals surface area contributed by atoms with E-state index >= 15 is 0 Å². The van der Waals surface area contributed by atoms with Gasteiger partial charge < -0.3 is 0 Å². The van der Waals surface area contributed by atoms with Crippen LogP contribution in [0.2, 0.25) is 0 Å². The molecule has 2 heterocycles. The molecule has 4 rings (SSSR count). The smallest absolute Gasteiger partial charge is 0.267 e. The molecule has 0 saturated heterocycles. The third-order valence-electron chi connectivity index (χ3n) is 4.78. The van der Waals surface area contributed by atoms with Gasteiger partial charge in [0.1, 0.15) is 0 Å². The molecule has 144 valence electrons. The molecule has 2 N–H and O–H groups in total. The van der Waals surface area contributed by atoms with Gasteiger partial charge in [-0.1, -0.05) is 25.1 Å². The molecule has 28 heavy (non-hydrogen) atoms. The number of hydrazine groups is 1. The van der Waals surface area contributed by atoms with Gasteiger partial charge in [-0.05, 0) is 43.4 Å². The summed E-state index contributed by atoms with van der Waals surface area (Å²) < 4.78 is 1.29. The summed E-state index contributed by atoms with van der Waals surface area (Å²) in [6.45, 7) is 2.35. The Labute approximate surface area is 165 Å². The number of thiophene rings is 1. The van der Waals surface area contributed by atoms with Crippen LogP contribution < -0.4 is 16.4 Å². The number of aryl methyl sites for hydroxylation is 3. The van der Waals surface area contributed by atoms with Crippen molar-refractivity contribution in [2.24, 2.45) is 0 Å². The van der Waals surface area contributed by atoms with Crippen LogP contribution in [0.25, 0.3) is 10.8 Å². The topological polar surface area (TPSA) is 93.1 Å². The first-order valence-corrected chi connectivity index (χ1v) is 10.1. The Balaban J connectivity index is 1.57. The number of rotatable bonds is 4. The molecule has 0 radical (unpaired) electrons. The van der Waals surface area contributed by atoms with E-state index in [2.05, 4.69) is 16.0 Å². The average Bonchev–Trinajstić information content (AvgIpc) is 3.30. The first-order chi connectivity index (χ1) is 13.6. The summed E-state index contributed by atoms with van der Waals surface area (Å²) in [5, 5.41) is 5.11. The second-order valence-electron chi connectivity index (χ2n) is 6.74. The number of aromatic nitrogens is 2. The van der Waals surface area contributed by atoms with E-state index in [0.717, 1.165) is 19.3 Å². The van der Waals surface area contributed by atoms with Gasteiger partial charge in [-0.3, -0.25) is 25.2 Å². The Morgan fingerprint density at radius 3 is 2.64 bits per heavy atom. The lowest BCUT2D eigenvalue weighted by Crippen LogP contribution is -2.42. The van der Waals surface area contributed by atoms with E-state index in [4.69, 9.17) is 0 Å². The number of fused-ring (bicyclic) bond motifs is 2. The Bertz CT molecular complexity index is 1110. The molecule has 0 aliphatic heterocycles. The van der Waals surface area contributed by atoms with Gasteiger partial charge in [-0.15, -0.1) is 11.3 Å². The lowest BCUT2D eigenvalue weighted by atomic mass is 10.1. The van der Waals surface area contributed by atoms with Crippen molar-refractivity contribution in [2.45, 2.75) is 39.2 Å². The maximum absolute atomic E-state index is 12.7. The zero-order valence-electron chi connectivity index (χ0n) is 15.4. The monoisotopic (exact) mass is 396 g/mol. The quantitative estimate of drug-likeness (QED) is 0.663. The van der Waals surface area contributed by atoms with Crippen LogP contribution in [0.15, 0.2) is 35.1 Å². The van der Waals surface area contributed by atoms with E-state index in [1.165, 1.54) is 26.5 Å². The van der Waals surface area contributed by atoms with Gasteiger partial charge in [0.15, 0.2) is 5.69 Å². The number of nitrogens with one attached hydrogen (secondary N) is 2. The summed E-state index contributed by atoms with van der Waals surface area (Å²) in [7, 11) is 0. The number of hydrogen-bond acceptors (Lipinski definition) is 5. The van der Waals surface area contributed by atoms with Gasteiger partial charge in [0.05, 0.1) is 10.3 Å². The van der Waals surface area contributed by atoms with Gasteiger partial charge in [0.2, 0.25) is 0 Å². The summed E-state index contributed by atoms with van der Waals surface area (Å²) in [4.78, 5) is 39.4. The predicted molar refractivity (Wildman–Crippen MR) is 108 cm³/mol. The molecular weight excluding hydrogens is 376 g/mol. The van der Waals surface area contributed by atoms with Crippen molar-refractivity contribution in [3.05, 3.63) is 61.7 Å². The lowest BCUT2D eigenvalue weighted by Gasteiger charge is -2.11. The second kappa shape index (κ2) is 7.55. The predicted octanol–water partition coefficient (Wildman–Crippen LogP) is 2.43. The Morgan fingerprint density at radius 2 is 1.89 bits per heavy atom. The van der Waals surface area contributed by atoms with E-state index in [0.29, 0.717) is 28.6 Å². The number of carbonyl (C=O) groups excluding carboxylic acids is 2. The summed E-state index contributed by atoms with van der Waals surface area (Å²) in [5.74, 6) is -0.905. The fourth-order valence-electron chi connectivity index (χ4n) is 3.44. The molecule has 0 spiro atoms. The highest BCUT2D eigenvalue weighted by molar-refractivity contribution is 7.14. The average molecular weight is 396 g/mol. The summed E-state index contributed by atoms with van der Waals surface area (Å²) in [6, 6.07) is 8.74. The van der Waals surface area contributed by atoms with Crippen LogP contribution in [-0.2, 0) is 19.4 Å². The third-order valence-corrected chi connectivity index (χ3v) is 6.01. The fraction of sp³-hybridized carbons (Fsp3) is 0.300. The zero-order chi connectivity index (χ0) is 19.7. The highest BCUT2D eigenvalue weighted by Gasteiger charge is 2.20. The summed E-state index contributed by atoms with van der Waals surface area (Å²) >= 11 is 1.47. The van der Waals surface area contributed by atoms with Gasteiger partial charge >= 0.3 is 0 Å². The fourth-order valence-corrected chi connectivity index (χ4v) is 4.59. The number of carbonyl (C=O) groups is 2. The van der Waals surface area contributed by atoms with E-state index in [1.54, 1.807) is 24.3 Å². The Kier molecular flexibility index (Phi) is 4.95. The summed E-state index contributed by atoms with van der Waals surface area (Å²) in [6.07, 6.45) is 3.85. The van der Waals surface area contributed by atoms with E-state index in [1.807, 2.05) is 13.0 Å². The standard InChI is InChI=1S/C20H20N4O3S/c1-2-10-24-20(27)14-8-4-3-7-13(14)17(23-24)19(26)22-21-18(25)16-11-12-6-5-9-15(12)28-16/h3-4,7-8,11H,2,5-6,9-10H2,1H3,(H,21,25)(H,22,26). The highest BCUT2D eigenvalue weighted by Crippen LogP contribution is 2.30. The number of nitrogens with zero attached hydrogens (tertiary/aromatic N) is 2. The minimum Gasteiger partial charge on any atom is -0.267 e. The molecule has 7 nitrogen and oxygen atoms in total. The first-order valence-electron chi connectivity index (χ1n) is 9.30. The normalized spacial score (nSPS) is 12.8. The number of benzene rings is 1. The van der Waals surface area contributed by atoms with Crippen LogP contribution >= 0.6 is 11.3 Å². The van der Waals surface area contributed by atoms with Crippen LogP contribution in [0.5, 0.6) is 0 Å². The number of hydrogen-bond donors (Lipinski definition) is 2. The van der Waals surface area contributed by atoms with Crippen LogP contribution in [0, 0.1) is 0 Å². The molecule has 3 aromatic rings. The number of amides is 2. The molecule has 0 atom stereocenters. The third kappa shape index (κ3) is 3.31. The van der Waals surface area contributed by atoms with Crippen molar-refractivity contribution < 1.29 is 9.59 Å². The molecule has 0 saturated carbocycles. The largest absolute Gasteiger partial charge is 0.290 e. The lowest BCUT2D eigenvalue weighted by molar-refractivity contribution is 0.0845. The van der Waals surface area contributed by atoms with Gasteiger partial charge in [-0.2, -0.15) is 5.10 Å². The summed E-state index contributed by atoms with van der Waals surface area (Å²) in [5.41, 5.74) is 6.00. The minimum absolute atomic E-state index is 0.109. The molecule has 0 fully saturated rings. The molecule has 1 aliphatic carbocycles. The molecule has 1 aromatic carbocycles.